The minimum Gasteiger partial charge on any atom is -0.391 e. The fraction of sp³-hybridized carbons (Fsp3) is 0.538. The highest BCUT2D eigenvalue weighted by Crippen LogP contribution is 2.27. The van der Waals surface area contributed by atoms with E-state index < -0.39 is 24.4 Å². The predicted octanol–water partition coefficient (Wildman–Crippen LogP) is -0.0416. The summed E-state index contributed by atoms with van der Waals surface area (Å²) in [6, 6.07) is 3.17. The number of aliphatic hydroxyl groups excluding tert-OH is 2. The highest BCUT2D eigenvalue weighted by atomic mass is 16.3. The molecule has 110 valence electrons. The van der Waals surface area contributed by atoms with Gasteiger partial charge in [0, 0.05) is 5.56 Å². The van der Waals surface area contributed by atoms with E-state index in [4.69, 9.17) is 11.5 Å². The number of aromatic nitrogens is 3. The van der Waals surface area contributed by atoms with Crippen molar-refractivity contribution in [3.63, 3.8) is 0 Å². The minimum atomic E-state index is -0.755. The van der Waals surface area contributed by atoms with Crippen LogP contribution in [0.2, 0.25) is 0 Å². The highest BCUT2D eigenvalue weighted by molar-refractivity contribution is 5.80. The second-order valence-corrected chi connectivity index (χ2v) is 5.20. The molecule has 0 spiro atoms. The van der Waals surface area contributed by atoms with Gasteiger partial charge >= 0.3 is 0 Å². The van der Waals surface area contributed by atoms with E-state index >= 15 is 0 Å². The van der Waals surface area contributed by atoms with Crippen molar-refractivity contribution in [2.24, 2.45) is 11.5 Å². The van der Waals surface area contributed by atoms with Gasteiger partial charge in [0.2, 0.25) is 0 Å². The summed E-state index contributed by atoms with van der Waals surface area (Å²) in [5, 5.41) is 27.4. The number of fused-ring (bicyclic) bond motifs is 1. The molecule has 0 saturated heterocycles. The van der Waals surface area contributed by atoms with Crippen LogP contribution in [0.25, 0.3) is 11.0 Å². The smallest absolute Gasteiger partial charge is 0.127 e. The van der Waals surface area contributed by atoms with Gasteiger partial charge in [0.15, 0.2) is 0 Å². The van der Waals surface area contributed by atoms with Crippen LogP contribution < -0.4 is 11.5 Å². The molecule has 0 saturated carbocycles. The molecule has 0 aliphatic rings. The largest absolute Gasteiger partial charge is 0.391 e. The van der Waals surface area contributed by atoms with Gasteiger partial charge in [-0.3, -0.25) is 0 Å². The first-order valence-corrected chi connectivity index (χ1v) is 6.56. The molecule has 4 unspecified atom stereocenters. The number of benzene rings is 1. The normalized spacial score (nSPS) is 17.9. The first kappa shape index (κ1) is 14.9. The van der Waals surface area contributed by atoms with Crippen LogP contribution >= 0.6 is 0 Å². The first-order chi connectivity index (χ1) is 9.34. The maximum Gasteiger partial charge on any atom is 0.127 e. The molecule has 6 N–H and O–H groups in total. The van der Waals surface area contributed by atoms with Crippen LogP contribution in [0, 0.1) is 6.92 Å². The third kappa shape index (κ3) is 2.40. The number of aryl methyl sites for hydroxylation is 1. The Morgan fingerprint density at radius 3 is 2.35 bits per heavy atom. The highest BCUT2D eigenvalue weighted by Gasteiger charge is 2.23. The topological polar surface area (TPSA) is 123 Å². The van der Waals surface area contributed by atoms with Crippen LogP contribution in [-0.2, 0) is 0 Å². The number of hydrogen-bond donors (Lipinski definition) is 4. The lowest BCUT2D eigenvalue weighted by Gasteiger charge is -2.19. The number of nitrogens with zero attached hydrogens (tertiary/aromatic N) is 3. The molecule has 20 heavy (non-hydrogen) atoms. The van der Waals surface area contributed by atoms with Crippen molar-refractivity contribution >= 4 is 11.0 Å². The average Bonchev–Trinajstić information content (AvgIpc) is 2.80. The third-order valence-corrected chi connectivity index (χ3v) is 3.53. The summed E-state index contributed by atoms with van der Waals surface area (Å²) >= 11 is 0. The van der Waals surface area contributed by atoms with Gasteiger partial charge in [0.1, 0.15) is 11.7 Å². The lowest BCUT2D eigenvalue weighted by Crippen LogP contribution is -2.30. The Morgan fingerprint density at radius 1 is 1.15 bits per heavy atom. The summed E-state index contributed by atoms with van der Waals surface area (Å²) in [4.78, 5) is 0. The van der Waals surface area contributed by atoms with Crippen molar-refractivity contribution in [1.82, 2.24) is 15.0 Å². The van der Waals surface area contributed by atoms with Gasteiger partial charge in [-0.15, -0.1) is 5.10 Å². The van der Waals surface area contributed by atoms with Crippen LogP contribution in [0.1, 0.15) is 37.2 Å². The van der Waals surface area contributed by atoms with Crippen molar-refractivity contribution in [2.75, 3.05) is 0 Å². The van der Waals surface area contributed by atoms with E-state index in [1.54, 1.807) is 13.8 Å². The molecule has 0 amide bonds. The number of rotatable bonds is 4. The zero-order valence-electron chi connectivity index (χ0n) is 11.9. The minimum absolute atomic E-state index is 0.549. The number of aliphatic hydroxyl groups is 2. The second kappa shape index (κ2) is 5.45. The zero-order valence-corrected chi connectivity index (χ0v) is 11.9. The van der Waals surface area contributed by atoms with Crippen LogP contribution in [0.3, 0.4) is 0 Å². The molecule has 1 heterocycles. The van der Waals surface area contributed by atoms with Gasteiger partial charge in [0.05, 0.1) is 23.8 Å². The Hall–Kier alpha value is -1.54. The Morgan fingerprint density at radius 2 is 1.80 bits per heavy atom. The molecule has 1 aromatic heterocycles. The van der Waals surface area contributed by atoms with Gasteiger partial charge in [-0.25, -0.2) is 4.68 Å². The van der Waals surface area contributed by atoms with Gasteiger partial charge in [-0.2, -0.15) is 0 Å². The van der Waals surface area contributed by atoms with Gasteiger partial charge in [-0.05, 0) is 32.4 Å². The summed E-state index contributed by atoms with van der Waals surface area (Å²) in [5.41, 5.74) is 14.9. The predicted molar refractivity (Wildman–Crippen MR) is 75.8 cm³/mol. The molecular formula is C13H21N5O2. The van der Waals surface area contributed by atoms with Crippen LogP contribution in [0.15, 0.2) is 12.1 Å². The van der Waals surface area contributed by atoms with Crippen molar-refractivity contribution in [2.45, 2.75) is 45.2 Å². The van der Waals surface area contributed by atoms with Gasteiger partial charge < -0.3 is 21.7 Å². The average molecular weight is 279 g/mol. The maximum absolute atomic E-state index is 9.72. The Balaban J connectivity index is 2.63. The molecule has 7 heteroatoms. The number of nitrogens with two attached hydrogens (primary N) is 2. The van der Waals surface area contributed by atoms with Gasteiger partial charge in [0.25, 0.3) is 0 Å². The van der Waals surface area contributed by atoms with E-state index in [0.717, 1.165) is 11.1 Å². The molecule has 2 rings (SSSR count). The summed E-state index contributed by atoms with van der Waals surface area (Å²) < 4.78 is 1.47. The van der Waals surface area contributed by atoms with Gasteiger partial charge in [-0.1, -0.05) is 11.3 Å². The molecule has 1 aromatic carbocycles. The molecule has 0 radical (unpaired) electrons. The van der Waals surface area contributed by atoms with E-state index in [9.17, 15) is 10.2 Å². The molecule has 0 fully saturated rings. The van der Waals surface area contributed by atoms with Crippen LogP contribution in [-0.4, -0.2) is 37.4 Å². The SMILES string of the molecule is Cc1ccc2c(nnn2C(N)C(C)O)c1C(N)C(C)O. The fourth-order valence-electron chi connectivity index (χ4n) is 2.21. The second-order valence-electron chi connectivity index (χ2n) is 5.20. The standard InChI is InChI=1S/C13H21N5O2/c1-6-4-5-9-12(10(6)11(14)7(2)19)16-17-18(9)13(15)8(3)20/h4-5,7-8,11,13,19-20H,14-15H2,1-3H3. The Bertz CT molecular complexity index is 608. The van der Waals surface area contributed by atoms with E-state index in [2.05, 4.69) is 10.3 Å². The summed E-state index contributed by atoms with van der Waals surface area (Å²) in [6.45, 7) is 5.13. The Kier molecular flexibility index (Phi) is 4.05. The Labute approximate surface area is 117 Å². The maximum atomic E-state index is 9.72. The van der Waals surface area contributed by atoms with Crippen molar-refractivity contribution < 1.29 is 10.2 Å². The molecule has 4 atom stereocenters. The van der Waals surface area contributed by atoms with E-state index in [1.165, 1.54) is 4.68 Å². The number of hydrogen-bond acceptors (Lipinski definition) is 6. The van der Waals surface area contributed by atoms with E-state index in [0.29, 0.717) is 11.0 Å². The lowest BCUT2D eigenvalue weighted by molar-refractivity contribution is 0.127. The molecule has 0 aliphatic carbocycles. The van der Waals surface area contributed by atoms with Crippen LogP contribution in [0.4, 0.5) is 0 Å². The third-order valence-electron chi connectivity index (χ3n) is 3.53. The molecule has 2 aromatic rings. The quantitative estimate of drug-likeness (QED) is 0.622. The van der Waals surface area contributed by atoms with Crippen molar-refractivity contribution in [3.8, 4) is 0 Å². The van der Waals surface area contributed by atoms with Crippen molar-refractivity contribution in [1.29, 1.82) is 0 Å². The zero-order chi connectivity index (χ0) is 15.0. The lowest BCUT2D eigenvalue weighted by atomic mass is 9.97. The van der Waals surface area contributed by atoms with E-state index in [-0.39, 0.29) is 0 Å². The fourth-order valence-corrected chi connectivity index (χ4v) is 2.21. The van der Waals surface area contributed by atoms with Crippen molar-refractivity contribution in [3.05, 3.63) is 23.3 Å². The van der Waals surface area contributed by atoms with E-state index in [1.807, 2.05) is 19.1 Å². The first-order valence-electron chi connectivity index (χ1n) is 6.56. The monoisotopic (exact) mass is 279 g/mol. The molecule has 0 aliphatic heterocycles. The van der Waals surface area contributed by atoms with Crippen LogP contribution in [0.5, 0.6) is 0 Å². The summed E-state index contributed by atoms with van der Waals surface area (Å²) in [7, 11) is 0. The summed E-state index contributed by atoms with van der Waals surface area (Å²) in [5.74, 6) is 0. The molecule has 0 bridgehead atoms. The molecule has 7 nitrogen and oxygen atoms in total. The summed E-state index contributed by atoms with van der Waals surface area (Å²) in [6.07, 6.45) is -2.14. The molecular weight excluding hydrogens is 258 g/mol.